The number of anilines is 1. The number of alkyl halides is 3. The molecule has 184 valence electrons. The highest BCUT2D eigenvalue weighted by atomic mass is 32.1. The van der Waals surface area contributed by atoms with E-state index in [-0.39, 0.29) is 11.1 Å². The summed E-state index contributed by atoms with van der Waals surface area (Å²) in [5.41, 5.74) is -0.797. The molecule has 1 aromatic carbocycles. The smallest absolute Gasteiger partial charge is 0.480 e. The van der Waals surface area contributed by atoms with Crippen molar-refractivity contribution in [1.29, 1.82) is 0 Å². The third-order valence-electron chi connectivity index (χ3n) is 5.76. The van der Waals surface area contributed by atoms with Crippen LogP contribution in [0.1, 0.15) is 54.4 Å². The van der Waals surface area contributed by atoms with Crippen molar-refractivity contribution in [1.82, 2.24) is 4.90 Å². The van der Waals surface area contributed by atoms with Crippen molar-refractivity contribution in [3.63, 3.8) is 0 Å². The molecule has 7 nitrogen and oxygen atoms in total. The summed E-state index contributed by atoms with van der Waals surface area (Å²) in [6.07, 6.45) is -3.13. The molecule has 0 radical (unpaired) electrons. The summed E-state index contributed by atoms with van der Waals surface area (Å²) < 4.78 is 41.0. The third kappa shape index (κ3) is 5.58. The van der Waals surface area contributed by atoms with Crippen molar-refractivity contribution in [2.75, 3.05) is 11.9 Å². The molecule has 0 aliphatic carbocycles. The number of aryl methyl sites for hydroxylation is 1. The van der Waals surface area contributed by atoms with Crippen molar-refractivity contribution in [2.45, 2.75) is 58.0 Å². The van der Waals surface area contributed by atoms with Gasteiger partial charge in [0.15, 0.2) is 5.78 Å². The van der Waals surface area contributed by atoms with Gasteiger partial charge in [-0.1, -0.05) is 6.92 Å². The number of carboxylic acids is 1. The van der Waals surface area contributed by atoms with Gasteiger partial charge < -0.3 is 15.2 Å². The quantitative estimate of drug-likeness (QED) is 0.512. The van der Waals surface area contributed by atoms with Gasteiger partial charge >= 0.3 is 12.3 Å². The lowest BCUT2D eigenvalue weighted by atomic mass is 9.99. The van der Waals surface area contributed by atoms with E-state index in [2.05, 4.69) is 10.1 Å². The van der Waals surface area contributed by atoms with E-state index in [4.69, 9.17) is 0 Å². The Kier molecular flexibility index (Phi) is 7.37. The predicted molar refractivity (Wildman–Crippen MR) is 120 cm³/mol. The van der Waals surface area contributed by atoms with Gasteiger partial charge in [0.2, 0.25) is 5.91 Å². The number of nitrogens with zero attached hydrogens (tertiary/aromatic N) is 1. The Morgan fingerprint density at radius 1 is 1.21 bits per heavy atom. The number of carboxylic acid groups (broad SMARTS) is 1. The number of ketones is 1. The van der Waals surface area contributed by atoms with E-state index >= 15 is 0 Å². The van der Waals surface area contributed by atoms with Gasteiger partial charge in [-0.05, 0) is 63.4 Å². The molecule has 2 N–H and O–H groups in total. The first kappa shape index (κ1) is 25.7. The van der Waals surface area contributed by atoms with E-state index in [1.54, 1.807) is 24.8 Å². The van der Waals surface area contributed by atoms with E-state index in [0.29, 0.717) is 30.8 Å². The lowest BCUT2D eigenvalue weighted by Crippen LogP contribution is -2.56. The molecular weight excluding hydrogens is 473 g/mol. The second-order valence-corrected chi connectivity index (χ2v) is 9.55. The number of likely N-dealkylation sites (tertiary alicyclic amines) is 1. The molecule has 1 aromatic heterocycles. The maximum atomic E-state index is 13.2. The number of halogens is 3. The minimum absolute atomic E-state index is 0.134. The Bertz CT molecular complexity index is 1080. The highest BCUT2D eigenvalue weighted by Crippen LogP contribution is 2.34. The number of thiophene rings is 1. The number of hydrogen-bond donors (Lipinski definition) is 2. The summed E-state index contributed by atoms with van der Waals surface area (Å²) in [6.45, 7) is 5.62. The summed E-state index contributed by atoms with van der Waals surface area (Å²) in [5, 5.41) is 12.6. The van der Waals surface area contributed by atoms with Crippen LogP contribution in [0.2, 0.25) is 0 Å². The van der Waals surface area contributed by atoms with E-state index in [1.807, 2.05) is 6.92 Å². The van der Waals surface area contributed by atoms with Crippen LogP contribution < -0.4 is 10.1 Å². The van der Waals surface area contributed by atoms with Gasteiger partial charge in [0, 0.05) is 17.0 Å². The monoisotopic (exact) mass is 498 g/mol. The third-order valence-corrected chi connectivity index (χ3v) is 6.96. The average molecular weight is 499 g/mol. The fourth-order valence-electron chi connectivity index (χ4n) is 3.92. The Hall–Kier alpha value is -2.92. The fourth-order valence-corrected chi connectivity index (χ4v) is 4.91. The summed E-state index contributed by atoms with van der Waals surface area (Å²) in [7, 11) is 0. The zero-order valence-electron chi connectivity index (χ0n) is 18.9. The lowest BCUT2D eigenvalue weighted by molar-refractivity contribution is -0.274. The number of rotatable bonds is 8. The van der Waals surface area contributed by atoms with E-state index in [1.165, 1.54) is 23.5 Å². The number of aliphatic carboxylic acids is 1. The van der Waals surface area contributed by atoms with Crippen molar-refractivity contribution >= 4 is 34.0 Å². The number of ether oxygens (including phenoxy) is 1. The van der Waals surface area contributed by atoms with Crippen LogP contribution in [0.4, 0.5) is 18.2 Å². The van der Waals surface area contributed by atoms with Crippen molar-refractivity contribution in [3.8, 4) is 5.75 Å². The van der Waals surface area contributed by atoms with E-state index < -0.39 is 41.4 Å². The Labute approximate surface area is 198 Å². The first-order valence-corrected chi connectivity index (χ1v) is 11.5. The maximum absolute atomic E-state index is 13.2. The van der Waals surface area contributed by atoms with Crippen LogP contribution >= 0.6 is 11.3 Å². The van der Waals surface area contributed by atoms with Gasteiger partial charge in [0.25, 0.3) is 0 Å². The number of benzene rings is 1. The SMILES string of the molecule is CCc1cc(C(=O)c2ccc(OC(F)(F)F)cc2)c(NC(=O)C(C)(C)N2CCCC2C(=O)O)s1. The minimum Gasteiger partial charge on any atom is -0.480 e. The van der Waals surface area contributed by atoms with Gasteiger partial charge in [0.1, 0.15) is 16.8 Å². The van der Waals surface area contributed by atoms with Crippen LogP contribution in [0.15, 0.2) is 30.3 Å². The molecule has 3 rings (SSSR count). The van der Waals surface area contributed by atoms with Crippen LogP contribution in [0.3, 0.4) is 0 Å². The molecule has 1 unspecified atom stereocenters. The van der Waals surface area contributed by atoms with Crippen molar-refractivity contribution in [3.05, 3.63) is 46.3 Å². The molecule has 1 aliphatic rings. The Morgan fingerprint density at radius 2 is 1.85 bits per heavy atom. The van der Waals surface area contributed by atoms with Crippen molar-refractivity contribution < 1.29 is 37.4 Å². The molecule has 1 amide bonds. The molecule has 1 saturated heterocycles. The minimum atomic E-state index is -4.84. The van der Waals surface area contributed by atoms with Gasteiger partial charge in [-0.3, -0.25) is 19.3 Å². The van der Waals surface area contributed by atoms with Crippen molar-refractivity contribution in [2.24, 2.45) is 0 Å². The van der Waals surface area contributed by atoms with Gasteiger partial charge in [0.05, 0.1) is 11.1 Å². The first-order valence-electron chi connectivity index (χ1n) is 10.7. The molecule has 2 heterocycles. The maximum Gasteiger partial charge on any atom is 0.573 e. The van der Waals surface area contributed by atoms with Gasteiger partial charge in [-0.25, -0.2) is 0 Å². The molecule has 0 saturated carbocycles. The number of carbonyl (C=O) groups excluding carboxylic acids is 2. The van der Waals surface area contributed by atoms with Gasteiger partial charge in [-0.15, -0.1) is 24.5 Å². The van der Waals surface area contributed by atoms with Crippen LogP contribution in [0.5, 0.6) is 5.75 Å². The van der Waals surface area contributed by atoms with E-state index in [0.717, 1.165) is 17.0 Å². The fraction of sp³-hybridized carbons (Fsp3) is 0.435. The molecule has 11 heteroatoms. The molecule has 34 heavy (non-hydrogen) atoms. The zero-order chi connectivity index (χ0) is 25.3. The molecular formula is C23H25F3N2O5S. The predicted octanol–water partition coefficient (Wildman–Crippen LogP) is 4.71. The molecule has 0 spiro atoms. The van der Waals surface area contributed by atoms with Crippen LogP contribution in [-0.4, -0.2) is 52.2 Å². The molecule has 2 aromatic rings. The molecule has 0 bridgehead atoms. The van der Waals surface area contributed by atoms with E-state index in [9.17, 15) is 32.7 Å². The zero-order valence-corrected chi connectivity index (χ0v) is 19.7. The Morgan fingerprint density at radius 3 is 2.41 bits per heavy atom. The largest absolute Gasteiger partial charge is 0.573 e. The number of amides is 1. The first-order chi connectivity index (χ1) is 15.8. The van der Waals surface area contributed by atoms with Crippen LogP contribution in [0.25, 0.3) is 0 Å². The molecule has 1 fully saturated rings. The summed E-state index contributed by atoms with van der Waals surface area (Å²) >= 11 is 1.23. The summed E-state index contributed by atoms with van der Waals surface area (Å²) in [6, 6.07) is 5.43. The van der Waals surface area contributed by atoms with Gasteiger partial charge in [-0.2, -0.15) is 0 Å². The summed E-state index contributed by atoms with van der Waals surface area (Å²) in [4.78, 5) is 40.4. The molecule has 1 aliphatic heterocycles. The Balaban J connectivity index is 1.84. The second kappa shape index (κ2) is 9.75. The summed E-state index contributed by atoms with van der Waals surface area (Å²) in [5.74, 6) is -2.35. The van der Waals surface area contributed by atoms with Crippen LogP contribution in [0, 0.1) is 0 Å². The standard InChI is InChI=1S/C23H25F3N2O5S/c1-4-15-12-16(18(29)13-7-9-14(10-8-13)33-23(24,25)26)19(34-15)27-21(32)22(2,3)28-11-5-6-17(28)20(30)31/h7-10,12,17H,4-6,11H2,1-3H3,(H,27,32)(H,30,31). The highest BCUT2D eigenvalue weighted by Gasteiger charge is 2.44. The second-order valence-electron chi connectivity index (χ2n) is 8.41. The average Bonchev–Trinajstić information content (AvgIpc) is 3.40. The molecule has 1 atom stereocenters. The topological polar surface area (TPSA) is 95.9 Å². The van der Waals surface area contributed by atoms with Crippen LogP contribution in [-0.2, 0) is 16.0 Å². The highest BCUT2D eigenvalue weighted by molar-refractivity contribution is 7.16. The lowest BCUT2D eigenvalue weighted by Gasteiger charge is -2.36. The number of nitrogens with one attached hydrogen (secondary N) is 1. The number of hydrogen-bond acceptors (Lipinski definition) is 6. The number of carbonyl (C=O) groups is 3. The normalized spacial score (nSPS) is 16.9.